The molecule has 1 aromatic heterocycles. The Morgan fingerprint density at radius 2 is 1.50 bits per heavy atom. The van der Waals surface area contributed by atoms with E-state index < -0.39 is 10.0 Å². The third kappa shape index (κ3) is 3.42. The molecule has 0 spiro atoms. The predicted molar refractivity (Wildman–Crippen MR) is 102 cm³/mol. The Kier molecular flexibility index (Phi) is 5.09. The van der Waals surface area contributed by atoms with E-state index in [-0.39, 0.29) is 6.04 Å². The van der Waals surface area contributed by atoms with E-state index in [9.17, 15) is 8.42 Å². The maximum absolute atomic E-state index is 13.2. The van der Waals surface area contributed by atoms with E-state index in [4.69, 9.17) is 0 Å². The highest BCUT2D eigenvalue weighted by molar-refractivity contribution is 7.89. The van der Waals surface area contributed by atoms with Gasteiger partial charge in [0.2, 0.25) is 10.0 Å². The molecule has 1 aromatic carbocycles. The van der Waals surface area contributed by atoms with Crippen LogP contribution in [0.3, 0.4) is 0 Å². The quantitative estimate of drug-likeness (QED) is 0.787. The van der Waals surface area contributed by atoms with Crippen LogP contribution in [0.4, 0.5) is 0 Å². The fraction of sp³-hybridized carbons (Fsp3) is 0.476. The first kappa shape index (κ1) is 17.7. The smallest absolute Gasteiger partial charge is 0.243 e. The van der Waals surface area contributed by atoms with Gasteiger partial charge in [-0.15, -0.1) is 0 Å². The fourth-order valence-electron chi connectivity index (χ4n) is 4.43. The molecule has 4 nitrogen and oxygen atoms in total. The molecule has 4 rings (SSSR count). The van der Waals surface area contributed by atoms with Crippen LogP contribution in [-0.4, -0.2) is 24.3 Å². The second-order valence-corrected chi connectivity index (χ2v) is 9.35. The monoisotopic (exact) mass is 370 g/mol. The van der Waals surface area contributed by atoms with Gasteiger partial charge in [0.05, 0.1) is 10.9 Å². The van der Waals surface area contributed by atoms with Crippen LogP contribution in [0.5, 0.6) is 0 Å². The van der Waals surface area contributed by atoms with Crippen LogP contribution in [0.1, 0.15) is 68.0 Å². The van der Waals surface area contributed by atoms with Crippen LogP contribution in [-0.2, 0) is 10.0 Å². The molecule has 2 fully saturated rings. The predicted octanol–water partition coefficient (Wildman–Crippen LogP) is 4.66. The van der Waals surface area contributed by atoms with Crippen LogP contribution < -0.4 is 0 Å². The van der Waals surface area contributed by atoms with E-state index in [0.29, 0.717) is 17.4 Å². The fourth-order valence-corrected chi connectivity index (χ4v) is 6.11. The van der Waals surface area contributed by atoms with E-state index in [1.807, 2.05) is 24.3 Å². The molecular formula is C21H26N2O2S. The summed E-state index contributed by atoms with van der Waals surface area (Å²) in [5.74, 6) is 0.594. The van der Waals surface area contributed by atoms with E-state index in [2.05, 4.69) is 4.98 Å². The average molecular weight is 371 g/mol. The van der Waals surface area contributed by atoms with Crippen molar-refractivity contribution >= 4 is 10.0 Å². The Balaban J connectivity index is 1.57. The Labute approximate surface area is 156 Å². The summed E-state index contributed by atoms with van der Waals surface area (Å²) in [6.07, 6.45) is 11.6. The molecular weight excluding hydrogens is 344 g/mol. The minimum Gasteiger partial charge on any atom is -0.265 e. The molecule has 1 saturated carbocycles. The lowest BCUT2D eigenvalue weighted by molar-refractivity contribution is 0.396. The number of hydrogen-bond donors (Lipinski definition) is 0. The summed E-state index contributed by atoms with van der Waals surface area (Å²) in [5.41, 5.74) is 2.32. The van der Waals surface area contributed by atoms with Gasteiger partial charge < -0.3 is 0 Å². The van der Waals surface area contributed by atoms with Gasteiger partial charge in [-0.25, -0.2) is 8.42 Å². The van der Waals surface area contributed by atoms with Gasteiger partial charge >= 0.3 is 0 Å². The maximum Gasteiger partial charge on any atom is 0.243 e. The normalized spacial score (nSPS) is 22.5. The van der Waals surface area contributed by atoms with E-state index in [1.165, 1.54) is 37.7 Å². The van der Waals surface area contributed by atoms with Crippen molar-refractivity contribution in [1.29, 1.82) is 0 Å². The summed E-state index contributed by atoms with van der Waals surface area (Å²) in [5, 5.41) is 0. The highest BCUT2D eigenvalue weighted by atomic mass is 32.2. The molecule has 2 heterocycles. The molecule has 1 saturated heterocycles. The number of aromatic nitrogens is 1. The topological polar surface area (TPSA) is 50.3 Å². The molecule has 0 amide bonds. The third-order valence-electron chi connectivity index (χ3n) is 5.86. The first-order chi connectivity index (χ1) is 12.7. The summed E-state index contributed by atoms with van der Waals surface area (Å²) in [7, 11) is -3.47. The molecule has 26 heavy (non-hydrogen) atoms. The summed E-state index contributed by atoms with van der Waals surface area (Å²) >= 11 is 0. The number of pyridine rings is 1. The van der Waals surface area contributed by atoms with Crippen LogP contribution >= 0.6 is 0 Å². The molecule has 2 aliphatic rings. The largest absolute Gasteiger partial charge is 0.265 e. The lowest BCUT2D eigenvalue weighted by atomic mass is 9.84. The van der Waals surface area contributed by atoms with Gasteiger partial charge in [0.1, 0.15) is 0 Å². The Hall–Kier alpha value is -1.72. The Morgan fingerprint density at radius 1 is 0.808 bits per heavy atom. The van der Waals surface area contributed by atoms with Crippen molar-refractivity contribution in [3.8, 4) is 0 Å². The van der Waals surface area contributed by atoms with Gasteiger partial charge in [-0.2, -0.15) is 4.31 Å². The molecule has 1 atom stereocenters. The number of sulfonamides is 1. The lowest BCUT2D eigenvalue weighted by Crippen LogP contribution is -2.30. The van der Waals surface area contributed by atoms with Crippen LogP contribution in [0.15, 0.2) is 53.7 Å². The SMILES string of the molecule is O=S(=O)(c1ccc(C2CCCCC2)cc1)N1CCC[C@@H]1c1ccncc1. The van der Waals surface area contributed by atoms with Crippen LogP contribution in [0.2, 0.25) is 0 Å². The second-order valence-electron chi connectivity index (χ2n) is 7.46. The van der Waals surface area contributed by atoms with Gasteiger partial charge in [-0.3, -0.25) is 4.98 Å². The summed E-state index contributed by atoms with van der Waals surface area (Å²) in [4.78, 5) is 4.46. The van der Waals surface area contributed by atoms with Gasteiger partial charge in [0, 0.05) is 18.9 Å². The van der Waals surface area contributed by atoms with E-state index in [0.717, 1.165) is 18.4 Å². The van der Waals surface area contributed by atoms with Crippen molar-refractivity contribution in [2.45, 2.75) is 61.8 Å². The zero-order valence-electron chi connectivity index (χ0n) is 15.0. The zero-order chi connectivity index (χ0) is 18.0. The number of hydrogen-bond acceptors (Lipinski definition) is 3. The van der Waals surface area contributed by atoms with Crippen molar-refractivity contribution in [1.82, 2.24) is 9.29 Å². The lowest BCUT2D eigenvalue weighted by Gasteiger charge is -2.25. The summed E-state index contributed by atoms with van der Waals surface area (Å²) < 4.78 is 28.1. The Bertz CT molecular complexity index is 828. The van der Waals surface area contributed by atoms with Crippen molar-refractivity contribution in [3.63, 3.8) is 0 Å². The minimum atomic E-state index is -3.47. The molecule has 0 bridgehead atoms. The van der Waals surface area contributed by atoms with Gasteiger partial charge in [0.25, 0.3) is 0 Å². The number of rotatable bonds is 4. The molecule has 1 aliphatic heterocycles. The van der Waals surface area contributed by atoms with E-state index >= 15 is 0 Å². The minimum absolute atomic E-state index is 0.0824. The van der Waals surface area contributed by atoms with Crippen molar-refractivity contribution in [3.05, 3.63) is 59.9 Å². The molecule has 1 aliphatic carbocycles. The Morgan fingerprint density at radius 3 is 2.19 bits per heavy atom. The van der Waals surface area contributed by atoms with Gasteiger partial charge in [-0.1, -0.05) is 31.4 Å². The molecule has 2 aromatic rings. The van der Waals surface area contributed by atoms with Gasteiger partial charge in [0.15, 0.2) is 0 Å². The van der Waals surface area contributed by atoms with Crippen molar-refractivity contribution < 1.29 is 8.42 Å². The van der Waals surface area contributed by atoms with Crippen molar-refractivity contribution in [2.24, 2.45) is 0 Å². The van der Waals surface area contributed by atoms with Gasteiger partial charge in [-0.05, 0) is 67.0 Å². The highest BCUT2D eigenvalue weighted by Gasteiger charge is 2.36. The molecule has 5 heteroatoms. The number of nitrogens with zero attached hydrogens (tertiary/aromatic N) is 2. The first-order valence-electron chi connectivity index (χ1n) is 9.68. The first-order valence-corrected chi connectivity index (χ1v) is 11.1. The molecule has 0 radical (unpaired) electrons. The third-order valence-corrected chi connectivity index (χ3v) is 7.78. The van der Waals surface area contributed by atoms with Crippen molar-refractivity contribution in [2.75, 3.05) is 6.54 Å². The highest BCUT2D eigenvalue weighted by Crippen LogP contribution is 2.37. The number of benzene rings is 1. The van der Waals surface area contributed by atoms with Crippen LogP contribution in [0.25, 0.3) is 0 Å². The average Bonchev–Trinajstić information content (AvgIpc) is 3.20. The standard InChI is InChI=1S/C21H26N2O2S/c24-26(25,23-16-4-7-21(23)19-12-14-22-15-13-19)20-10-8-18(9-11-20)17-5-2-1-3-6-17/h8-15,17,21H,1-7,16H2/t21-/m1/s1. The molecule has 138 valence electrons. The van der Waals surface area contributed by atoms with E-state index in [1.54, 1.807) is 28.8 Å². The molecule has 0 N–H and O–H groups in total. The van der Waals surface area contributed by atoms with Crippen LogP contribution in [0, 0.1) is 0 Å². The summed E-state index contributed by atoms with van der Waals surface area (Å²) in [6, 6.07) is 11.4. The second kappa shape index (κ2) is 7.49. The summed E-state index contributed by atoms with van der Waals surface area (Å²) in [6.45, 7) is 0.583. The maximum atomic E-state index is 13.2. The molecule has 0 unspecified atom stereocenters. The zero-order valence-corrected chi connectivity index (χ0v) is 15.9.